The molecule has 0 bridgehead atoms. The smallest absolute Gasteiger partial charge is 0.416 e. The quantitative estimate of drug-likeness (QED) is 0.539. The van der Waals surface area contributed by atoms with Crippen LogP contribution in [-0.2, 0) is 17.4 Å². The number of benzene rings is 3. The number of hydrogen-bond acceptors (Lipinski definition) is 4. The van der Waals surface area contributed by atoms with Crippen LogP contribution in [0.15, 0.2) is 60.7 Å². The molecule has 9 heteroatoms. The summed E-state index contributed by atoms with van der Waals surface area (Å²) in [6, 6.07) is 14.6. The Hall–Kier alpha value is -4.01. The molecule has 0 saturated carbocycles. The van der Waals surface area contributed by atoms with Gasteiger partial charge in [-0.1, -0.05) is 30.3 Å². The van der Waals surface area contributed by atoms with E-state index in [9.17, 15) is 22.8 Å². The third-order valence-electron chi connectivity index (χ3n) is 6.77. The van der Waals surface area contributed by atoms with E-state index in [1.54, 1.807) is 17.0 Å². The van der Waals surface area contributed by atoms with Crippen molar-refractivity contribution in [3.8, 4) is 11.5 Å². The van der Waals surface area contributed by atoms with Gasteiger partial charge in [0.25, 0.3) is 5.91 Å². The lowest BCUT2D eigenvalue weighted by Gasteiger charge is -2.45. The molecule has 0 fully saturated rings. The van der Waals surface area contributed by atoms with E-state index in [1.807, 2.05) is 24.3 Å². The molecule has 2 atom stereocenters. The lowest BCUT2D eigenvalue weighted by Crippen LogP contribution is -2.49. The molecule has 5 rings (SSSR count). The number of nitrogens with zero attached hydrogens (tertiary/aromatic N) is 1. The number of rotatable bonds is 4. The van der Waals surface area contributed by atoms with E-state index < -0.39 is 29.6 Å². The molecule has 0 radical (unpaired) electrons. The zero-order valence-corrected chi connectivity index (χ0v) is 19.6. The second-order valence-electron chi connectivity index (χ2n) is 8.73. The molecule has 2 amide bonds. The van der Waals surface area contributed by atoms with Crippen molar-refractivity contribution in [3.05, 3.63) is 88.5 Å². The molecular formula is C27H23F3N2O4. The summed E-state index contributed by atoms with van der Waals surface area (Å²) in [7, 11) is 2.91. The molecular weight excluding hydrogens is 473 g/mol. The first-order valence-electron chi connectivity index (χ1n) is 11.4. The van der Waals surface area contributed by atoms with E-state index in [2.05, 4.69) is 5.32 Å². The van der Waals surface area contributed by atoms with Gasteiger partial charge < -0.3 is 19.7 Å². The molecule has 0 saturated heterocycles. The number of nitrogens with one attached hydrogen (secondary N) is 1. The SMILES string of the molecule is COc1cc2c(cc1OC)C(C(=O)Nc1cccc(C(F)(F)F)c1)C1c3ccccc3CCN1C2=O. The number of halogens is 3. The molecule has 1 N–H and O–H groups in total. The van der Waals surface area contributed by atoms with Crippen molar-refractivity contribution < 1.29 is 32.2 Å². The molecule has 2 unspecified atom stereocenters. The van der Waals surface area contributed by atoms with Crippen molar-refractivity contribution in [2.75, 3.05) is 26.1 Å². The zero-order chi connectivity index (χ0) is 25.6. The summed E-state index contributed by atoms with van der Waals surface area (Å²) in [5, 5.41) is 2.66. The number of fused-ring (bicyclic) bond motifs is 4. The number of methoxy groups -OCH3 is 2. The second-order valence-corrected chi connectivity index (χ2v) is 8.73. The fourth-order valence-corrected chi connectivity index (χ4v) is 5.13. The molecule has 3 aromatic rings. The second kappa shape index (κ2) is 8.89. The van der Waals surface area contributed by atoms with E-state index >= 15 is 0 Å². The lowest BCUT2D eigenvalue weighted by atomic mass is 9.75. The highest BCUT2D eigenvalue weighted by molar-refractivity contribution is 6.05. The number of amides is 2. The molecule has 186 valence electrons. The first-order chi connectivity index (χ1) is 17.2. The van der Waals surface area contributed by atoms with E-state index in [0.717, 1.165) is 23.3 Å². The maximum absolute atomic E-state index is 13.8. The van der Waals surface area contributed by atoms with Crippen molar-refractivity contribution in [2.45, 2.75) is 24.6 Å². The van der Waals surface area contributed by atoms with Crippen LogP contribution in [0.5, 0.6) is 11.5 Å². The summed E-state index contributed by atoms with van der Waals surface area (Å²) in [6.45, 7) is 0.404. The van der Waals surface area contributed by atoms with Crippen molar-refractivity contribution in [3.63, 3.8) is 0 Å². The van der Waals surface area contributed by atoms with Crippen LogP contribution in [0.4, 0.5) is 18.9 Å². The fraction of sp³-hybridized carbons (Fsp3) is 0.259. The Morgan fingerprint density at radius 3 is 2.42 bits per heavy atom. The van der Waals surface area contributed by atoms with Crippen LogP contribution in [0.2, 0.25) is 0 Å². The molecule has 36 heavy (non-hydrogen) atoms. The minimum Gasteiger partial charge on any atom is -0.493 e. The van der Waals surface area contributed by atoms with Gasteiger partial charge in [-0.25, -0.2) is 0 Å². The summed E-state index contributed by atoms with van der Waals surface area (Å²) >= 11 is 0. The first-order valence-corrected chi connectivity index (χ1v) is 11.4. The van der Waals surface area contributed by atoms with Crippen LogP contribution in [-0.4, -0.2) is 37.5 Å². The Morgan fingerprint density at radius 1 is 0.972 bits per heavy atom. The van der Waals surface area contributed by atoms with E-state index in [4.69, 9.17) is 9.47 Å². The van der Waals surface area contributed by atoms with Crippen LogP contribution < -0.4 is 14.8 Å². The first kappa shape index (κ1) is 23.7. The topological polar surface area (TPSA) is 67.9 Å². The summed E-state index contributed by atoms with van der Waals surface area (Å²) in [5.41, 5.74) is 1.74. The average molecular weight is 496 g/mol. The third kappa shape index (κ3) is 3.94. The Bertz CT molecular complexity index is 1360. The molecule has 0 aliphatic carbocycles. The highest BCUT2D eigenvalue weighted by Crippen LogP contribution is 2.48. The highest BCUT2D eigenvalue weighted by atomic mass is 19.4. The van der Waals surface area contributed by atoms with E-state index in [-0.39, 0.29) is 11.6 Å². The highest BCUT2D eigenvalue weighted by Gasteiger charge is 2.47. The maximum atomic E-state index is 13.8. The molecule has 6 nitrogen and oxygen atoms in total. The lowest BCUT2D eigenvalue weighted by molar-refractivity contribution is -0.137. The van der Waals surface area contributed by atoms with Gasteiger partial charge in [-0.15, -0.1) is 0 Å². The number of anilines is 1. The normalized spacial score (nSPS) is 18.6. The molecule has 2 aliphatic heterocycles. The summed E-state index contributed by atoms with van der Waals surface area (Å²) in [5.74, 6) is -0.972. The van der Waals surface area contributed by atoms with Gasteiger partial charge in [0.05, 0.1) is 31.7 Å². The van der Waals surface area contributed by atoms with E-state index in [0.29, 0.717) is 35.6 Å². The Morgan fingerprint density at radius 2 is 1.69 bits per heavy atom. The van der Waals surface area contributed by atoms with Gasteiger partial charge in [0.1, 0.15) is 0 Å². The van der Waals surface area contributed by atoms with Crippen molar-refractivity contribution >= 4 is 17.5 Å². The standard InChI is InChI=1S/C27H23F3N2O4/c1-35-21-13-19-20(14-22(21)36-2)26(34)32-11-10-15-6-3-4-9-18(15)24(32)23(19)25(33)31-17-8-5-7-16(12-17)27(28,29)30/h3-9,12-14,23-24H,10-11H2,1-2H3,(H,31,33). The van der Waals surface area contributed by atoms with Gasteiger partial charge in [-0.05, 0) is 53.4 Å². The summed E-state index contributed by atoms with van der Waals surface area (Å²) in [4.78, 5) is 29.1. The van der Waals surface area contributed by atoms with Crippen molar-refractivity contribution in [1.82, 2.24) is 4.90 Å². The molecule has 3 aromatic carbocycles. The van der Waals surface area contributed by atoms with Gasteiger partial charge in [-0.2, -0.15) is 13.2 Å². The van der Waals surface area contributed by atoms with E-state index in [1.165, 1.54) is 26.4 Å². The largest absolute Gasteiger partial charge is 0.493 e. The number of carbonyl (C=O) groups is 2. The van der Waals surface area contributed by atoms with Crippen LogP contribution in [0.3, 0.4) is 0 Å². The minimum absolute atomic E-state index is 0.0180. The molecule has 2 heterocycles. The van der Waals surface area contributed by atoms with Gasteiger partial charge in [0.2, 0.25) is 5.91 Å². The molecule has 0 aromatic heterocycles. The van der Waals surface area contributed by atoms with Crippen molar-refractivity contribution in [1.29, 1.82) is 0 Å². The summed E-state index contributed by atoms with van der Waals surface area (Å²) in [6.07, 6.45) is -3.92. The third-order valence-corrected chi connectivity index (χ3v) is 6.77. The molecule has 2 aliphatic rings. The van der Waals surface area contributed by atoms with Gasteiger partial charge in [0, 0.05) is 17.8 Å². The number of ether oxygens (including phenoxy) is 2. The van der Waals surface area contributed by atoms with Crippen LogP contribution in [0.1, 0.15) is 44.6 Å². The zero-order valence-electron chi connectivity index (χ0n) is 19.6. The molecule has 0 spiro atoms. The van der Waals surface area contributed by atoms with Gasteiger partial charge in [-0.3, -0.25) is 9.59 Å². The predicted molar refractivity (Wildman–Crippen MR) is 126 cm³/mol. The Balaban J connectivity index is 1.65. The van der Waals surface area contributed by atoms with Crippen LogP contribution in [0, 0.1) is 0 Å². The average Bonchev–Trinajstić information content (AvgIpc) is 2.87. The monoisotopic (exact) mass is 496 g/mol. The van der Waals surface area contributed by atoms with Gasteiger partial charge >= 0.3 is 6.18 Å². The number of carbonyl (C=O) groups excluding carboxylic acids is 2. The maximum Gasteiger partial charge on any atom is 0.416 e. The van der Waals surface area contributed by atoms with Crippen LogP contribution in [0.25, 0.3) is 0 Å². The minimum atomic E-state index is -4.55. The number of hydrogen-bond donors (Lipinski definition) is 1. The van der Waals surface area contributed by atoms with Gasteiger partial charge in [0.15, 0.2) is 11.5 Å². The fourth-order valence-electron chi connectivity index (χ4n) is 5.13. The van der Waals surface area contributed by atoms with Crippen molar-refractivity contribution in [2.24, 2.45) is 0 Å². The Kier molecular flexibility index (Phi) is 5.86. The Labute approximate surface area is 205 Å². The summed E-state index contributed by atoms with van der Waals surface area (Å²) < 4.78 is 50.6. The number of alkyl halides is 3. The van der Waals surface area contributed by atoms with Crippen LogP contribution >= 0.6 is 0 Å². The predicted octanol–water partition coefficient (Wildman–Crippen LogP) is 5.20.